The van der Waals surface area contributed by atoms with Gasteiger partial charge in [0.2, 0.25) is 10.0 Å². The molecule has 0 aromatic heterocycles. The second-order valence-corrected chi connectivity index (χ2v) is 10.8. The maximum Gasteiger partial charge on any atom is 0.261 e. The molecule has 0 saturated carbocycles. The summed E-state index contributed by atoms with van der Waals surface area (Å²) in [5, 5.41) is 3.13. The molecule has 2 aromatic rings. The van der Waals surface area contributed by atoms with Crippen molar-refractivity contribution in [1.82, 2.24) is 5.32 Å². The molecule has 0 fully saturated rings. The van der Waals surface area contributed by atoms with Crippen LogP contribution in [0.5, 0.6) is 11.5 Å². The summed E-state index contributed by atoms with van der Waals surface area (Å²) in [7, 11) is -3.49. The summed E-state index contributed by atoms with van der Waals surface area (Å²) in [5.74, 6) is 0.886. The molecule has 2 atom stereocenters. The van der Waals surface area contributed by atoms with Gasteiger partial charge in [-0.3, -0.25) is 9.10 Å². The van der Waals surface area contributed by atoms with Gasteiger partial charge in [0.15, 0.2) is 6.10 Å². The Morgan fingerprint density at radius 1 is 1.16 bits per heavy atom. The van der Waals surface area contributed by atoms with E-state index in [4.69, 9.17) is 9.47 Å². The van der Waals surface area contributed by atoms with Crippen LogP contribution in [0.3, 0.4) is 0 Å². The number of ether oxygens (including phenoxy) is 2. The van der Waals surface area contributed by atoms with E-state index in [1.54, 1.807) is 24.3 Å². The molecule has 7 nitrogen and oxygen atoms in total. The van der Waals surface area contributed by atoms with Crippen LogP contribution in [-0.2, 0) is 14.8 Å². The molecule has 4 rings (SSSR count). The fourth-order valence-corrected chi connectivity index (χ4v) is 5.17. The van der Waals surface area contributed by atoms with Crippen LogP contribution in [0.2, 0.25) is 0 Å². The Morgan fingerprint density at radius 3 is 2.65 bits per heavy atom. The molecular weight excluding hydrogens is 416 g/mol. The molecule has 2 aliphatic heterocycles. The van der Waals surface area contributed by atoms with Crippen LogP contribution in [0.15, 0.2) is 42.5 Å². The molecule has 1 N–H and O–H groups in total. The molecule has 0 radical (unpaired) electrons. The van der Waals surface area contributed by atoms with Gasteiger partial charge in [0.05, 0.1) is 18.0 Å². The molecule has 2 unspecified atom stereocenters. The largest absolute Gasteiger partial charge is 0.487 e. The smallest absolute Gasteiger partial charge is 0.261 e. The van der Waals surface area contributed by atoms with Crippen LogP contribution in [0.4, 0.5) is 5.69 Å². The lowest BCUT2D eigenvalue weighted by Crippen LogP contribution is -2.46. The molecule has 2 aliphatic rings. The summed E-state index contributed by atoms with van der Waals surface area (Å²) in [6, 6.07) is 12.6. The van der Waals surface area contributed by atoms with Gasteiger partial charge in [0.25, 0.3) is 5.91 Å². The van der Waals surface area contributed by atoms with E-state index in [-0.39, 0.29) is 24.9 Å². The number of rotatable bonds is 3. The first-order valence-corrected chi connectivity index (χ1v) is 12.2. The second kappa shape index (κ2) is 7.75. The molecular formula is C23H28N2O5S. The van der Waals surface area contributed by atoms with Crippen LogP contribution >= 0.6 is 0 Å². The summed E-state index contributed by atoms with van der Waals surface area (Å²) < 4.78 is 38.0. The Balaban J connectivity index is 1.59. The van der Waals surface area contributed by atoms with Crippen molar-refractivity contribution in [3.8, 4) is 11.5 Å². The van der Waals surface area contributed by atoms with Crippen molar-refractivity contribution >= 4 is 21.6 Å². The molecule has 0 spiro atoms. The fraction of sp³-hybridized carbons (Fsp3) is 0.435. The van der Waals surface area contributed by atoms with Crippen LogP contribution in [0.1, 0.15) is 43.9 Å². The van der Waals surface area contributed by atoms with Crippen molar-refractivity contribution in [2.45, 2.75) is 51.4 Å². The first-order chi connectivity index (χ1) is 14.5. The van der Waals surface area contributed by atoms with Gasteiger partial charge in [-0.05, 0) is 39.0 Å². The Labute approximate surface area is 183 Å². The van der Waals surface area contributed by atoms with E-state index in [0.717, 1.165) is 23.1 Å². The number of carbonyl (C=O) groups excluding carboxylic acids is 1. The number of para-hydroxylation sites is 2. The minimum Gasteiger partial charge on any atom is -0.487 e. The average Bonchev–Trinajstić information content (AvgIpc) is 2.87. The topological polar surface area (TPSA) is 84.9 Å². The quantitative estimate of drug-likeness (QED) is 0.785. The zero-order chi connectivity index (χ0) is 22.4. The number of carbonyl (C=O) groups is 1. The molecule has 0 aliphatic carbocycles. The SMILES string of the molecule is Cc1ccc2c(c1)C(NC(=O)C1CCN(S(C)(=O)=O)c3ccccc3O1)CC(C)(C)O2. The standard InChI is InChI=1S/C23H28N2O5S/c1-15-9-10-19-16(13-15)17(14-23(2,3)30-19)24-22(26)21-11-12-25(31(4,27)28)18-7-5-6-8-20(18)29-21/h5-10,13,17,21H,11-12,14H2,1-4H3,(H,24,26). The minimum atomic E-state index is -3.49. The van der Waals surface area contributed by atoms with Crippen LogP contribution in [0, 0.1) is 6.92 Å². The molecule has 2 aromatic carbocycles. The predicted octanol–water partition coefficient (Wildman–Crippen LogP) is 3.33. The molecule has 8 heteroatoms. The third-order valence-electron chi connectivity index (χ3n) is 5.63. The van der Waals surface area contributed by atoms with Crippen molar-refractivity contribution in [1.29, 1.82) is 0 Å². The van der Waals surface area contributed by atoms with Gasteiger partial charge in [0.1, 0.15) is 17.1 Å². The molecule has 31 heavy (non-hydrogen) atoms. The van der Waals surface area contributed by atoms with Crippen molar-refractivity contribution in [3.63, 3.8) is 0 Å². The van der Waals surface area contributed by atoms with E-state index < -0.39 is 21.7 Å². The lowest BCUT2D eigenvalue weighted by molar-refractivity contribution is -0.129. The van der Waals surface area contributed by atoms with E-state index in [1.807, 2.05) is 39.0 Å². The number of hydrogen-bond donors (Lipinski definition) is 1. The molecule has 2 heterocycles. The Morgan fingerprint density at radius 2 is 1.90 bits per heavy atom. The van der Waals surface area contributed by atoms with E-state index >= 15 is 0 Å². The lowest BCUT2D eigenvalue weighted by atomic mass is 9.88. The molecule has 0 bridgehead atoms. The highest BCUT2D eigenvalue weighted by Gasteiger charge is 2.37. The highest BCUT2D eigenvalue weighted by Crippen LogP contribution is 2.40. The van der Waals surface area contributed by atoms with Gasteiger partial charge in [-0.1, -0.05) is 29.8 Å². The number of nitrogens with zero attached hydrogens (tertiary/aromatic N) is 1. The Hall–Kier alpha value is -2.74. The number of fused-ring (bicyclic) bond motifs is 2. The van der Waals surface area contributed by atoms with Gasteiger partial charge in [-0.25, -0.2) is 8.42 Å². The lowest BCUT2D eigenvalue weighted by Gasteiger charge is -2.38. The number of aryl methyl sites for hydroxylation is 1. The third kappa shape index (κ3) is 4.49. The van der Waals surface area contributed by atoms with Gasteiger partial charge in [0, 0.05) is 24.9 Å². The van der Waals surface area contributed by atoms with Crippen LogP contribution in [-0.4, -0.2) is 38.8 Å². The first-order valence-electron chi connectivity index (χ1n) is 10.4. The fourth-order valence-electron chi connectivity index (χ4n) is 4.23. The highest BCUT2D eigenvalue weighted by atomic mass is 32.2. The number of anilines is 1. The number of benzene rings is 2. The second-order valence-electron chi connectivity index (χ2n) is 8.87. The zero-order valence-electron chi connectivity index (χ0n) is 18.2. The predicted molar refractivity (Wildman–Crippen MR) is 119 cm³/mol. The molecule has 166 valence electrons. The van der Waals surface area contributed by atoms with Crippen LogP contribution in [0.25, 0.3) is 0 Å². The Bertz CT molecular complexity index is 1110. The van der Waals surface area contributed by atoms with E-state index in [9.17, 15) is 13.2 Å². The van der Waals surface area contributed by atoms with Gasteiger partial charge in [-0.2, -0.15) is 0 Å². The van der Waals surface area contributed by atoms with Gasteiger partial charge >= 0.3 is 0 Å². The van der Waals surface area contributed by atoms with E-state index in [0.29, 0.717) is 17.9 Å². The maximum absolute atomic E-state index is 13.2. The molecule has 0 saturated heterocycles. The van der Waals surface area contributed by atoms with Crippen molar-refractivity contribution in [2.75, 3.05) is 17.1 Å². The van der Waals surface area contributed by atoms with Crippen molar-refractivity contribution in [3.05, 3.63) is 53.6 Å². The monoisotopic (exact) mass is 444 g/mol. The maximum atomic E-state index is 13.2. The third-order valence-corrected chi connectivity index (χ3v) is 6.81. The minimum absolute atomic E-state index is 0.170. The van der Waals surface area contributed by atoms with Gasteiger partial charge in [-0.15, -0.1) is 0 Å². The van der Waals surface area contributed by atoms with Gasteiger partial charge < -0.3 is 14.8 Å². The summed E-state index contributed by atoms with van der Waals surface area (Å²) in [6.07, 6.45) is 1.23. The Kier molecular flexibility index (Phi) is 5.37. The van der Waals surface area contributed by atoms with Crippen LogP contribution < -0.4 is 19.1 Å². The van der Waals surface area contributed by atoms with E-state index in [2.05, 4.69) is 5.32 Å². The summed E-state index contributed by atoms with van der Waals surface area (Å²) in [4.78, 5) is 13.2. The summed E-state index contributed by atoms with van der Waals surface area (Å²) >= 11 is 0. The summed E-state index contributed by atoms with van der Waals surface area (Å²) in [5.41, 5.74) is 2.06. The first kappa shape index (κ1) is 21.5. The zero-order valence-corrected chi connectivity index (χ0v) is 19.0. The number of nitrogens with one attached hydrogen (secondary N) is 1. The summed E-state index contributed by atoms with van der Waals surface area (Å²) in [6.45, 7) is 6.17. The average molecular weight is 445 g/mol. The van der Waals surface area contributed by atoms with E-state index in [1.165, 1.54) is 4.31 Å². The number of sulfonamides is 1. The number of hydrogen-bond acceptors (Lipinski definition) is 5. The van der Waals surface area contributed by atoms with Crippen molar-refractivity contribution < 1.29 is 22.7 Å². The highest BCUT2D eigenvalue weighted by molar-refractivity contribution is 7.92. The normalized spacial score (nSPS) is 22.3. The molecule has 1 amide bonds. The number of amides is 1. The van der Waals surface area contributed by atoms with Crippen molar-refractivity contribution in [2.24, 2.45) is 0 Å².